The fourth-order valence-corrected chi connectivity index (χ4v) is 3.66. The number of nitrogens with one attached hydrogen (secondary N) is 1. The van der Waals surface area contributed by atoms with Crippen molar-refractivity contribution in [3.05, 3.63) is 56.1 Å². The van der Waals surface area contributed by atoms with Crippen molar-refractivity contribution in [3.8, 4) is 11.3 Å². The number of hydrogen-bond acceptors (Lipinski definition) is 4. The SMILES string of the molecule is CC(C)(C)c1nc2nc(-c3ccccc3Cl)c(Br)cc2c2n[nH]c(=O)n12. The topological polar surface area (TPSA) is 75.9 Å². The van der Waals surface area contributed by atoms with E-state index in [0.717, 1.165) is 10.0 Å². The van der Waals surface area contributed by atoms with E-state index in [1.165, 1.54) is 4.40 Å². The van der Waals surface area contributed by atoms with Crippen LogP contribution in [0.15, 0.2) is 39.6 Å². The normalized spacial score (nSPS) is 12.2. The number of aromatic nitrogens is 5. The van der Waals surface area contributed by atoms with E-state index >= 15 is 0 Å². The van der Waals surface area contributed by atoms with Gasteiger partial charge >= 0.3 is 5.69 Å². The molecule has 4 rings (SSSR count). The Balaban J connectivity index is 2.13. The highest BCUT2D eigenvalue weighted by molar-refractivity contribution is 9.10. The lowest BCUT2D eigenvalue weighted by molar-refractivity contribution is 0.535. The Bertz CT molecular complexity index is 1220. The maximum absolute atomic E-state index is 12.3. The molecule has 132 valence electrons. The number of hydrogen-bond donors (Lipinski definition) is 1. The minimum atomic E-state index is -0.362. The Hall–Kier alpha value is -2.25. The van der Waals surface area contributed by atoms with Crippen LogP contribution in [0.5, 0.6) is 0 Å². The molecule has 3 heterocycles. The van der Waals surface area contributed by atoms with Crippen LogP contribution in [0.25, 0.3) is 27.9 Å². The summed E-state index contributed by atoms with van der Waals surface area (Å²) in [6.45, 7) is 5.98. The molecule has 0 saturated carbocycles. The predicted octanol–water partition coefficient (Wildman–Crippen LogP) is 4.35. The number of H-pyrrole nitrogens is 1. The molecular formula is C18H15BrClN5O. The monoisotopic (exact) mass is 431 g/mol. The van der Waals surface area contributed by atoms with Gasteiger partial charge in [-0.2, -0.15) is 5.10 Å². The molecule has 1 N–H and O–H groups in total. The summed E-state index contributed by atoms with van der Waals surface area (Å²) in [6, 6.07) is 9.37. The second-order valence-corrected chi connectivity index (χ2v) is 8.30. The molecule has 0 atom stereocenters. The zero-order chi connectivity index (χ0) is 18.6. The second-order valence-electron chi connectivity index (χ2n) is 7.04. The highest BCUT2D eigenvalue weighted by Crippen LogP contribution is 2.34. The van der Waals surface area contributed by atoms with Gasteiger partial charge in [0.1, 0.15) is 5.82 Å². The molecule has 3 aromatic heterocycles. The molecule has 4 aromatic rings. The summed E-state index contributed by atoms with van der Waals surface area (Å²) in [5.41, 5.74) is 1.84. The minimum absolute atomic E-state index is 0.314. The van der Waals surface area contributed by atoms with E-state index in [1.807, 2.05) is 51.1 Å². The van der Waals surface area contributed by atoms with E-state index in [4.69, 9.17) is 21.6 Å². The summed E-state index contributed by atoms with van der Waals surface area (Å²) in [5.74, 6) is 0.596. The lowest BCUT2D eigenvalue weighted by Crippen LogP contribution is -2.25. The van der Waals surface area contributed by atoms with Crippen LogP contribution in [0.1, 0.15) is 26.6 Å². The number of benzene rings is 1. The maximum Gasteiger partial charge on any atom is 0.349 e. The Labute approximate surface area is 162 Å². The largest absolute Gasteiger partial charge is 0.349 e. The van der Waals surface area contributed by atoms with Crippen molar-refractivity contribution in [2.45, 2.75) is 26.2 Å². The summed E-state index contributed by atoms with van der Waals surface area (Å²) < 4.78 is 2.26. The molecule has 0 aliphatic heterocycles. The molecule has 0 bridgehead atoms. The van der Waals surface area contributed by atoms with E-state index in [9.17, 15) is 4.79 Å². The van der Waals surface area contributed by atoms with Crippen molar-refractivity contribution in [1.29, 1.82) is 0 Å². The molecule has 0 aliphatic carbocycles. The van der Waals surface area contributed by atoms with Crippen molar-refractivity contribution < 1.29 is 0 Å². The fraction of sp³-hybridized carbons (Fsp3) is 0.222. The van der Waals surface area contributed by atoms with Crippen LogP contribution in [0.4, 0.5) is 0 Å². The third-order valence-electron chi connectivity index (χ3n) is 4.09. The standard InChI is InChI=1S/C18H15BrClN5O/c1-18(2,3)16-22-14-10(15-23-24-17(26)25(15)16)8-11(19)13(21-14)9-6-4-5-7-12(9)20/h4-8H,1-3H3,(H,24,26). The third kappa shape index (κ3) is 2.62. The van der Waals surface area contributed by atoms with Crippen LogP contribution in [0.2, 0.25) is 5.02 Å². The molecule has 8 heteroatoms. The molecule has 0 saturated heterocycles. The number of aromatic amines is 1. The highest BCUT2D eigenvalue weighted by atomic mass is 79.9. The van der Waals surface area contributed by atoms with E-state index in [0.29, 0.717) is 33.2 Å². The second kappa shape index (κ2) is 5.89. The van der Waals surface area contributed by atoms with Gasteiger partial charge in [0.2, 0.25) is 0 Å². The summed E-state index contributed by atoms with van der Waals surface area (Å²) in [7, 11) is 0. The van der Waals surface area contributed by atoms with Crippen molar-refractivity contribution in [2.75, 3.05) is 0 Å². The Morgan fingerprint density at radius 2 is 1.92 bits per heavy atom. The smallest absolute Gasteiger partial charge is 0.246 e. The first-order chi connectivity index (χ1) is 12.3. The number of halogens is 2. The van der Waals surface area contributed by atoms with Crippen molar-refractivity contribution in [1.82, 2.24) is 24.6 Å². The van der Waals surface area contributed by atoms with Gasteiger partial charge in [-0.3, -0.25) is 0 Å². The summed E-state index contributed by atoms with van der Waals surface area (Å²) in [6.07, 6.45) is 0. The van der Waals surface area contributed by atoms with Crippen LogP contribution >= 0.6 is 27.5 Å². The van der Waals surface area contributed by atoms with Crippen molar-refractivity contribution >= 4 is 44.2 Å². The van der Waals surface area contributed by atoms with Gasteiger partial charge in [-0.25, -0.2) is 24.3 Å². The highest BCUT2D eigenvalue weighted by Gasteiger charge is 2.24. The van der Waals surface area contributed by atoms with Gasteiger partial charge in [0.05, 0.1) is 11.1 Å². The van der Waals surface area contributed by atoms with Gasteiger partial charge in [0.25, 0.3) is 0 Å². The number of rotatable bonds is 1. The Kier molecular flexibility index (Phi) is 3.89. The molecule has 0 spiro atoms. The van der Waals surface area contributed by atoms with Gasteiger partial charge < -0.3 is 0 Å². The molecule has 26 heavy (non-hydrogen) atoms. The number of fused-ring (bicyclic) bond motifs is 3. The molecule has 0 unspecified atom stereocenters. The van der Waals surface area contributed by atoms with Crippen molar-refractivity contribution in [3.63, 3.8) is 0 Å². The Morgan fingerprint density at radius 3 is 2.62 bits per heavy atom. The molecule has 0 amide bonds. The van der Waals surface area contributed by atoms with Crippen LogP contribution in [0, 0.1) is 0 Å². The van der Waals surface area contributed by atoms with Crippen LogP contribution in [-0.4, -0.2) is 24.6 Å². The average molecular weight is 433 g/mol. The molecule has 1 aromatic carbocycles. The first kappa shape index (κ1) is 17.2. The third-order valence-corrected chi connectivity index (χ3v) is 5.03. The number of pyridine rings is 1. The zero-order valence-corrected chi connectivity index (χ0v) is 16.7. The van der Waals surface area contributed by atoms with Crippen LogP contribution in [0.3, 0.4) is 0 Å². The summed E-state index contributed by atoms with van der Waals surface area (Å²) in [5, 5.41) is 7.97. The van der Waals surface area contributed by atoms with Gasteiger partial charge in [-0.15, -0.1) is 0 Å². The van der Waals surface area contributed by atoms with Crippen molar-refractivity contribution in [2.24, 2.45) is 0 Å². The first-order valence-electron chi connectivity index (χ1n) is 8.00. The molecule has 6 nitrogen and oxygen atoms in total. The summed E-state index contributed by atoms with van der Waals surface area (Å²) >= 11 is 9.90. The van der Waals surface area contributed by atoms with E-state index < -0.39 is 0 Å². The molecule has 0 aliphatic rings. The molecule has 0 fully saturated rings. The molecule has 0 radical (unpaired) electrons. The molecular weight excluding hydrogens is 418 g/mol. The van der Waals surface area contributed by atoms with Gasteiger partial charge in [0.15, 0.2) is 11.3 Å². The number of nitrogens with zero attached hydrogens (tertiary/aromatic N) is 4. The summed E-state index contributed by atoms with van der Waals surface area (Å²) in [4.78, 5) is 21.7. The Morgan fingerprint density at radius 1 is 1.19 bits per heavy atom. The lowest BCUT2D eigenvalue weighted by atomic mass is 9.95. The van der Waals surface area contributed by atoms with Gasteiger partial charge in [-0.1, -0.05) is 50.6 Å². The average Bonchev–Trinajstić information content (AvgIpc) is 2.96. The van der Waals surface area contributed by atoms with Gasteiger partial charge in [0, 0.05) is 20.5 Å². The first-order valence-corrected chi connectivity index (χ1v) is 9.17. The van der Waals surface area contributed by atoms with E-state index in [-0.39, 0.29) is 11.1 Å². The van der Waals surface area contributed by atoms with E-state index in [1.54, 1.807) is 0 Å². The lowest BCUT2D eigenvalue weighted by Gasteiger charge is -2.19. The quantitative estimate of drug-likeness (QED) is 0.485. The van der Waals surface area contributed by atoms with Crippen LogP contribution < -0.4 is 5.69 Å². The zero-order valence-electron chi connectivity index (χ0n) is 14.3. The van der Waals surface area contributed by atoms with E-state index in [2.05, 4.69) is 26.1 Å². The minimum Gasteiger partial charge on any atom is -0.246 e. The van der Waals surface area contributed by atoms with Crippen LogP contribution in [-0.2, 0) is 5.41 Å². The fourth-order valence-electron chi connectivity index (χ4n) is 2.90. The predicted molar refractivity (Wildman–Crippen MR) is 106 cm³/mol. The maximum atomic E-state index is 12.3. The van der Waals surface area contributed by atoms with Gasteiger partial charge in [-0.05, 0) is 28.1 Å².